The summed E-state index contributed by atoms with van der Waals surface area (Å²) in [7, 11) is 1.55. The van der Waals surface area contributed by atoms with Gasteiger partial charge in [0.1, 0.15) is 0 Å². The predicted octanol–water partition coefficient (Wildman–Crippen LogP) is 0.879. The third kappa shape index (κ3) is 4.06. The van der Waals surface area contributed by atoms with Crippen LogP contribution in [0.5, 0.6) is 0 Å². The van der Waals surface area contributed by atoms with Crippen molar-refractivity contribution < 1.29 is 14.7 Å². The number of carbonyl (C=O) groups is 2. The molecule has 0 aliphatic carbocycles. The summed E-state index contributed by atoms with van der Waals surface area (Å²) in [5, 5.41) is 20.6. The first-order valence-electron chi connectivity index (χ1n) is 6.66. The van der Waals surface area contributed by atoms with Crippen molar-refractivity contribution in [2.45, 2.75) is 6.54 Å². The van der Waals surface area contributed by atoms with E-state index in [-0.39, 0.29) is 12.5 Å². The van der Waals surface area contributed by atoms with Crippen LogP contribution in [0.25, 0.3) is 0 Å². The summed E-state index contributed by atoms with van der Waals surface area (Å²) >= 11 is 0. The molecule has 0 aliphatic heterocycles. The molecule has 2 aromatic rings. The third-order valence-electron chi connectivity index (χ3n) is 2.85. The molecule has 0 saturated carbocycles. The first kappa shape index (κ1) is 15.5. The first-order chi connectivity index (χ1) is 10.6. The van der Waals surface area contributed by atoms with E-state index < -0.39 is 6.03 Å². The summed E-state index contributed by atoms with van der Waals surface area (Å²) in [4.78, 5) is 23.2. The number of rotatable bonds is 5. The smallest absolute Gasteiger partial charge is 0.323 e. The second-order valence-electron chi connectivity index (χ2n) is 4.45. The van der Waals surface area contributed by atoms with Gasteiger partial charge >= 0.3 is 6.03 Å². The number of hydrogen-bond acceptors (Lipinski definition) is 4. The van der Waals surface area contributed by atoms with Gasteiger partial charge in [-0.25, -0.2) is 4.79 Å². The monoisotopic (exact) mass is 303 g/mol. The van der Waals surface area contributed by atoms with E-state index in [4.69, 9.17) is 5.11 Å². The van der Waals surface area contributed by atoms with Gasteiger partial charge in [0.15, 0.2) is 0 Å². The van der Waals surface area contributed by atoms with Crippen LogP contribution in [0.1, 0.15) is 10.4 Å². The summed E-state index contributed by atoms with van der Waals surface area (Å²) < 4.78 is 1.52. The molecule has 0 atom stereocenters. The normalized spacial score (nSPS) is 10.1. The summed E-state index contributed by atoms with van der Waals surface area (Å²) in [5.74, 6) is -0.188. The lowest BCUT2D eigenvalue weighted by Gasteiger charge is -2.06. The molecule has 0 radical (unpaired) electrons. The van der Waals surface area contributed by atoms with Crippen molar-refractivity contribution in [2.24, 2.45) is 0 Å². The number of nitrogens with one attached hydrogen (secondary N) is 3. The molecule has 0 fully saturated rings. The number of benzene rings is 1. The van der Waals surface area contributed by atoms with Crippen LogP contribution in [0.15, 0.2) is 36.7 Å². The number of hydrogen-bond donors (Lipinski definition) is 4. The van der Waals surface area contributed by atoms with Crippen molar-refractivity contribution in [2.75, 3.05) is 24.3 Å². The first-order valence-corrected chi connectivity index (χ1v) is 6.66. The van der Waals surface area contributed by atoms with Gasteiger partial charge in [-0.05, 0) is 24.3 Å². The van der Waals surface area contributed by atoms with Crippen molar-refractivity contribution in [3.8, 4) is 0 Å². The van der Waals surface area contributed by atoms with Crippen molar-refractivity contribution >= 4 is 23.3 Å². The second kappa shape index (κ2) is 7.23. The van der Waals surface area contributed by atoms with E-state index >= 15 is 0 Å². The molecule has 22 heavy (non-hydrogen) atoms. The molecule has 8 nitrogen and oxygen atoms in total. The SMILES string of the molecule is CNC(=O)c1ccc(NC(=O)Nc2cnn(CCO)c2)cc1. The van der Waals surface area contributed by atoms with Crippen molar-refractivity contribution in [1.82, 2.24) is 15.1 Å². The Kier molecular flexibility index (Phi) is 5.10. The predicted molar refractivity (Wildman–Crippen MR) is 81.8 cm³/mol. The maximum Gasteiger partial charge on any atom is 0.323 e. The number of aromatic nitrogens is 2. The van der Waals surface area contributed by atoms with E-state index in [1.807, 2.05) is 0 Å². The highest BCUT2D eigenvalue weighted by Crippen LogP contribution is 2.11. The third-order valence-corrected chi connectivity index (χ3v) is 2.85. The lowest BCUT2D eigenvalue weighted by atomic mass is 10.2. The fourth-order valence-electron chi connectivity index (χ4n) is 1.80. The topological polar surface area (TPSA) is 108 Å². The van der Waals surface area contributed by atoms with Gasteiger partial charge in [0.05, 0.1) is 25.0 Å². The van der Waals surface area contributed by atoms with Crippen molar-refractivity contribution in [3.63, 3.8) is 0 Å². The summed E-state index contributed by atoms with van der Waals surface area (Å²) in [5.41, 5.74) is 1.60. The van der Waals surface area contributed by atoms with E-state index in [2.05, 4.69) is 21.0 Å². The molecular formula is C14H17N5O3. The molecule has 2 rings (SSSR count). The minimum Gasteiger partial charge on any atom is -0.394 e. The second-order valence-corrected chi connectivity index (χ2v) is 4.45. The molecule has 8 heteroatoms. The van der Waals surface area contributed by atoms with Crippen molar-refractivity contribution in [3.05, 3.63) is 42.2 Å². The van der Waals surface area contributed by atoms with Gasteiger partial charge in [-0.2, -0.15) is 5.10 Å². The fraction of sp³-hybridized carbons (Fsp3) is 0.214. The zero-order valence-corrected chi connectivity index (χ0v) is 12.0. The highest BCUT2D eigenvalue weighted by atomic mass is 16.3. The highest BCUT2D eigenvalue weighted by Gasteiger charge is 2.06. The molecule has 3 amide bonds. The molecule has 1 heterocycles. The summed E-state index contributed by atoms with van der Waals surface area (Å²) in [6.07, 6.45) is 3.11. The Balaban J connectivity index is 1.92. The number of amides is 3. The minimum absolute atomic E-state index is 0.0228. The maximum atomic E-state index is 11.8. The zero-order valence-electron chi connectivity index (χ0n) is 12.0. The number of aliphatic hydroxyl groups excluding tert-OH is 1. The van der Waals surface area contributed by atoms with Crippen LogP contribution in [-0.4, -0.2) is 40.5 Å². The molecule has 116 valence electrons. The number of anilines is 2. The highest BCUT2D eigenvalue weighted by molar-refractivity contribution is 6.00. The van der Waals surface area contributed by atoms with E-state index in [0.717, 1.165) is 0 Å². The van der Waals surface area contributed by atoms with Gasteiger partial charge in [0, 0.05) is 24.5 Å². The number of urea groups is 1. The van der Waals surface area contributed by atoms with Gasteiger partial charge < -0.3 is 21.1 Å². The molecule has 1 aromatic carbocycles. The Morgan fingerprint density at radius 1 is 1.18 bits per heavy atom. The van der Waals surface area contributed by atoms with Gasteiger partial charge in [0.2, 0.25) is 0 Å². The fourth-order valence-corrected chi connectivity index (χ4v) is 1.80. The molecule has 0 aliphatic rings. The number of carbonyl (C=O) groups excluding carboxylic acids is 2. The largest absolute Gasteiger partial charge is 0.394 e. The Morgan fingerprint density at radius 3 is 2.50 bits per heavy atom. The quantitative estimate of drug-likeness (QED) is 0.657. The minimum atomic E-state index is -0.420. The van der Waals surface area contributed by atoms with Gasteiger partial charge in [0.25, 0.3) is 5.91 Å². The average Bonchev–Trinajstić information content (AvgIpc) is 2.94. The van der Waals surface area contributed by atoms with Gasteiger partial charge in [-0.1, -0.05) is 0 Å². The summed E-state index contributed by atoms with van der Waals surface area (Å²) in [6.45, 7) is 0.343. The van der Waals surface area contributed by atoms with Gasteiger partial charge in [-0.15, -0.1) is 0 Å². The number of aliphatic hydroxyl groups is 1. The Hall–Kier alpha value is -2.87. The molecule has 0 spiro atoms. The standard InChI is InChI=1S/C14H17N5O3/c1-15-13(21)10-2-4-11(5-3-10)17-14(22)18-12-8-16-19(9-12)6-7-20/h2-5,8-9,20H,6-7H2,1H3,(H,15,21)(H2,17,18,22). The maximum absolute atomic E-state index is 11.8. The van der Waals surface area contributed by atoms with Crippen LogP contribution in [0.2, 0.25) is 0 Å². The molecule has 1 aromatic heterocycles. The lowest BCUT2D eigenvalue weighted by Crippen LogP contribution is -2.20. The van der Waals surface area contributed by atoms with Crippen LogP contribution < -0.4 is 16.0 Å². The van der Waals surface area contributed by atoms with Gasteiger partial charge in [-0.3, -0.25) is 9.48 Å². The number of nitrogens with zero attached hydrogens (tertiary/aromatic N) is 2. The molecule has 0 bridgehead atoms. The lowest BCUT2D eigenvalue weighted by molar-refractivity contribution is 0.0963. The zero-order chi connectivity index (χ0) is 15.9. The van der Waals surface area contributed by atoms with Crippen LogP contribution in [-0.2, 0) is 6.54 Å². The average molecular weight is 303 g/mol. The van der Waals surface area contributed by atoms with Crippen LogP contribution >= 0.6 is 0 Å². The Labute approximate surface area is 127 Å². The molecule has 0 saturated heterocycles. The van der Waals surface area contributed by atoms with E-state index in [1.165, 1.54) is 10.9 Å². The summed E-state index contributed by atoms with van der Waals surface area (Å²) in [6, 6.07) is 6.09. The molecular weight excluding hydrogens is 286 g/mol. The van der Waals surface area contributed by atoms with E-state index in [9.17, 15) is 9.59 Å². The van der Waals surface area contributed by atoms with Crippen LogP contribution in [0, 0.1) is 0 Å². The molecule has 4 N–H and O–H groups in total. The van der Waals surface area contributed by atoms with E-state index in [1.54, 1.807) is 37.5 Å². The van der Waals surface area contributed by atoms with Crippen LogP contribution in [0.4, 0.5) is 16.2 Å². The van der Waals surface area contributed by atoms with E-state index in [0.29, 0.717) is 23.5 Å². The molecule has 0 unspecified atom stereocenters. The van der Waals surface area contributed by atoms with Crippen molar-refractivity contribution in [1.29, 1.82) is 0 Å². The Morgan fingerprint density at radius 2 is 1.86 bits per heavy atom. The Bertz CT molecular complexity index is 651. The van der Waals surface area contributed by atoms with Crippen LogP contribution in [0.3, 0.4) is 0 Å².